The van der Waals surface area contributed by atoms with Crippen molar-refractivity contribution in [3.05, 3.63) is 60.2 Å². The number of hydrogen-bond donors (Lipinski definition) is 2. The van der Waals surface area contributed by atoms with Crippen LogP contribution in [0.15, 0.2) is 59.2 Å². The van der Waals surface area contributed by atoms with Gasteiger partial charge in [0.15, 0.2) is 5.69 Å². The summed E-state index contributed by atoms with van der Waals surface area (Å²) < 4.78 is 45.1. The molecule has 29 heavy (non-hydrogen) atoms. The quantitative estimate of drug-likeness (QED) is 0.551. The number of alkyl halides is 4. The van der Waals surface area contributed by atoms with E-state index >= 15 is 0 Å². The Bertz CT molecular complexity index is 1030. The second-order valence-electron chi connectivity index (χ2n) is 6.61. The van der Waals surface area contributed by atoms with E-state index < -0.39 is 29.4 Å². The Balaban J connectivity index is 1.41. The number of aromatic nitrogens is 2. The van der Waals surface area contributed by atoms with Crippen LogP contribution in [-0.4, -0.2) is 27.4 Å². The van der Waals surface area contributed by atoms with E-state index in [1.807, 2.05) is 6.07 Å². The molecule has 3 aromatic rings. The topological polar surface area (TPSA) is 80.0 Å². The third kappa shape index (κ3) is 3.53. The van der Waals surface area contributed by atoms with Gasteiger partial charge in [-0.3, -0.25) is 5.32 Å². The summed E-state index contributed by atoms with van der Waals surface area (Å²) in [6.07, 6.45) is -0.665. The summed E-state index contributed by atoms with van der Waals surface area (Å²) in [6.45, 7) is 0. The van der Waals surface area contributed by atoms with Gasteiger partial charge in [-0.2, -0.15) is 0 Å². The molecule has 1 aliphatic rings. The lowest BCUT2D eigenvalue weighted by molar-refractivity contribution is -0.182. The first kappa shape index (κ1) is 19.3. The summed E-state index contributed by atoms with van der Waals surface area (Å²) in [6, 6.07) is 14.2. The molecule has 1 heterocycles. The Morgan fingerprint density at radius 3 is 2.34 bits per heavy atom. The Hall–Kier alpha value is -3.07. The van der Waals surface area contributed by atoms with Crippen LogP contribution in [0, 0.1) is 0 Å². The van der Waals surface area contributed by atoms with E-state index in [1.165, 1.54) is 24.3 Å². The van der Waals surface area contributed by atoms with Crippen LogP contribution in [0.1, 0.15) is 17.9 Å². The van der Waals surface area contributed by atoms with Gasteiger partial charge in [0.1, 0.15) is 0 Å². The number of benzene rings is 2. The molecule has 0 aliphatic heterocycles. The Labute approximate surface area is 168 Å². The van der Waals surface area contributed by atoms with Crippen LogP contribution >= 0.6 is 11.6 Å². The van der Waals surface area contributed by atoms with Gasteiger partial charge >= 0.3 is 6.03 Å². The van der Waals surface area contributed by atoms with Crippen LogP contribution in [0.25, 0.3) is 11.3 Å². The first-order chi connectivity index (χ1) is 13.8. The van der Waals surface area contributed by atoms with Gasteiger partial charge in [-0.05, 0) is 28.0 Å². The highest BCUT2D eigenvalue weighted by molar-refractivity contribution is 6.25. The van der Waals surface area contributed by atoms with Crippen molar-refractivity contribution in [2.75, 3.05) is 10.6 Å². The number of urea groups is 1. The Morgan fingerprint density at radius 2 is 1.72 bits per heavy atom. The summed E-state index contributed by atoms with van der Waals surface area (Å²) in [7, 11) is 0. The van der Waals surface area contributed by atoms with Crippen LogP contribution in [0.4, 0.5) is 29.5 Å². The average molecular weight is 423 g/mol. The van der Waals surface area contributed by atoms with E-state index in [4.69, 9.17) is 16.2 Å². The number of rotatable bonds is 4. The smallest absolute Gasteiger partial charge is 0.308 e. The molecule has 2 aromatic carbocycles. The van der Waals surface area contributed by atoms with Crippen molar-refractivity contribution < 1.29 is 22.6 Å². The lowest BCUT2D eigenvalue weighted by Gasteiger charge is -2.45. The van der Waals surface area contributed by atoms with E-state index in [0.717, 1.165) is 0 Å². The van der Waals surface area contributed by atoms with Gasteiger partial charge in [0, 0.05) is 23.6 Å². The second-order valence-corrected chi connectivity index (χ2v) is 7.16. The van der Waals surface area contributed by atoms with Crippen molar-refractivity contribution in [1.82, 2.24) is 10.3 Å². The molecular weight excluding hydrogens is 409 g/mol. The van der Waals surface area contributed by atoms with Crippen LogP contribution in [0.2, 0.25) is 0 Å². The van der Waals surface area contributed by atoms with Gasteiger partial charge < -0.3 is 5.32 Å². The van der Waals surface area contributed by atoms with Gasteiger partial charge in [-0.25, -0.2) is 22.6 Å². The number of amides is 2. The molecular formula is C19H14ClF3N4O2. The number of carbonyl (C=O) groups excluding carboxylic acids is 1. The summed E-state index contributed by atoms with van der Waals surface area (Å²) in [5, 5.41) is 9.44. The molecule has 1 saturated carbocycles. The highest BCUT2D eigenvalue weighted by Crippen LogP contribution is 2.61. The van der Waals surface area contributed by atoms with Crippen LogP contribution < -0.4 is 10.6 Å². The number of anilines is 2. The van der Waals surface area contributed by atoms with Crippen molar-refractivity contribution >= 4 is 29.1 Å². The number of nitrogens with one attached hydrogen (secondary N) is 2. The highest BCUT2D eigenvalue weighted by Gasteiger charge is 2.69. The minimum absolute atomic E-state index is 0.131. The van der Waals surface area contributed by atoms with Crippen LogP contribution in [-0.2, 0) is 0 Å². The van der Waals surface area contributed by atoms with Crippen molar-refractivity contribution in [1.29, 1.82) is 0 Å². The van der Waals surface area contributed by atoms with Gasteiger partial charge in [0.25, 0.3) is 11.1 Å². The number of hydrogen-bond acceptors (Lipinski definition) is 4. The molecule has 1 aliphatic carbocycles. The number of halogens is 4. The zero-order chi connectivity index (χ0) is 20.6. The van der Waals surface area contributed by atoms with E-state index in [9.17, 15) is 18.0 Å². The van der Waals surface area contributed by atoms with Crippen molar-refractivity contribution in [3.8, 4) is 11.3 Å². The molecule has 2 amide bonds. The fourth-order valence-electron chi connectivity index (χ4n) is 3.10. The number of carbonyl (C=O) groups is 1. The molecule has 2 atom stereocenters. The normalized spacial score (nSPS) is 22.6. The molecule has 2 unspecified atom stereocenters. The molecule has 2 N–H and O–H groups in total. The molecule has 6 nitrogen and oxygen atoms in total. The third-order valence-corrected chi connectivity index (χ3v) is 5.26. The SMILES string of the molecule is O=C(Nc1ccc(C2CC(F)(F)C2(F)Cl)cc1)Nc1nonc1-c1ccccc1. The molecule has 0 spiro atoms. The van der Waals surface area contributed by atoms with Crippen molar-refractivity contribution in [2.45, 2.75) is 23.4 Å². The van der Waals surface area contributed by atoms with Gasteiger partial charge in [-0.1, -0.05) is 54.1 Å². The minimum atomic E-state index is -3.56. The van der Waals surface area contributed by atoms with Crippen molar-refractivity contribution in [3.63, 3.8) is 0 Å². The predicted molar refractivity (Wildman–Crippen MR) is 101 cm³/mol. The average Bonchev–Trinajstić information content (AvgIpc) is 3.15. The highest BCUT2D eigenvalue weighted by atomic mass is 35.5. The van der Waals surface area contributed by atoms with E-state index in [2.05, 4.69) is 20.9 Å². The fourth-order valence-corrected chi connectivity index (χ4v) is 3.38. The molecule has 1 aromatic heterocycles. The van der Waals surface area contributed by atoms with Gasteiger partial charge in [-0.15, -0.1) is 0 Å². The molecule has 0 radical (unpaired) electrons. The molecule has 1 fully saturated rings. The summed E-state index contributed by atoms with van der Waals surface area (Å²) >= 11 is 5.35. The Kier molecular flexibility index (Phi) is 4.70. The van der Waals surface area contributed by atoms with Crippen LogP contribution in [0.3, 0.4) is 0 Å². The maximum atomic E-state index is 13.9. The summed E-state index contributed by atoms with van der Waals surface area (Å²) in [4.78, 5) is 12.2. The third-order valence-electron chi connectivity index (χ3n) is 4.72. The summed E-state index contributed by atoms with van der Waals surface area (Å²) in [5.74, 6) is -4.54. The first-order valence-corrected chi connectivity index (χ1v) is 8.97. The molecule has 150 valence electrons. The van der Waals surface area contributed by atoms with E-state index in [0.29, 0.717) is 22.5 Å². The van der Waals surface area contributed by atoms with Gasteiger partial charge in [0.2, 0.25) is 5.82 Å². The Morgan fingerprint density at radius 1 is 1.03 bits per heavy atom. The van der Waals surface area contributed by atoms with Crippen LogP contribution in [0.5, 0.6) is 0 Å². The monoisotopic (exact) mass is 422 g/mol. The summed E-state index contributed by atoms with van der Waals surface area (Å²) in [5.41, 5.74) is 1.77. The van der Waals surface area contributed by atoms with Crippen molar-refractivity contribution in [2.24, 2.45) is 0 Å². The lowest BCUT2D eigenvalue weighted by Crippen LogP contribution is -2.56. The maximum absolute atomic E-state index is 13.9. The fraction of sp³-hybridized carbons (Fsp3) is 0.211. The minimum Gasteiger partial charge on any atom is -0.308 e. The molecule has 10 heteroatoms. The first-order valence-electron chi connectivity index (χ1n) is 8.59. The zero-order valence-corrected chi connectivity index (χ0v) is 15.5. The standard InChI is InChI=1S/C19H14ClF3N4O2/c20-19(23)14(10-18(19,21)22)11-6-8-13(9-7-11)24-17(28)25-16-15(26-29-27-16)12-4-2-1-3-5-12/h1-9,14H,10H2,(H2,24,25,27,28). The van der Waals surface area contributed by atoms with E-state index in [-0.39, 0.29) is 5.82 Å². The maximum Gasteiger partial charge on any atom is 0.325 e. The zero-order valence-electron chi connectivity index (χ0n) is 14.7. The largest absolute Gasteiger partial charge is 0.325 e. The van der Waals surface area contributed by atoms with Gasteiger partial charge in [0.05, 0.1) is 0 Å². The molecule has 4 rings (SSSR count). The predicted octanol–water partition coefficient (Wildman–Crippen LogP) is 5.41. The second kappa shape index (κ2) is 7.07. The number of nitrogens with zero attached hydrogens (tertiary/aromatic N) is 2. The lowest BCUT2D eigenvalue weighted by atomic mass is 9.74. The molecule has 0 bridgehead atoms. The molecule has 0 saturated heterocycles. The van der Waals surface area contributed by atoms with E-state index in [1.54, 1.807) is 24.3 Å².